The minimum Gasteiger partial charge on any atom is -0.465 e. The Labute approximate surface area is 437 Å². The van der Waals surface area contributed by atoms with Crippen LogP contribution >= 0.6 is 0 Å². The molecule has 3 fully saturated rings. The number of amides is 4. The number of methoxy groups -OCH3 is 1. The van der Waals surface area contributed by atoms with Crippen molar-refractivity contribution in [2.45, 2.75) is 108 Å². The molecule has 0 saturated carbocycles. The number of piperazine rings is 1. The first-order valence-electron chi connectivity index (χ1n) is 24.3. The molecule has 7 N–H and O–H groups in total. The third-order valence-electron chi connectivity index (χ3n) is 14.3. The average Bonchev–Trinajstić information content (AvgIpc) is 3.99. The fourth-order valence-electron chi connectivity index (χ4n) is 9.45. The minimum absolute atomic E-state index is 0.0624. The molecular formula is C51H58F8N10O8. The SMILES string of the molecule is COC(=O)N[C@H](C(=O)N[C@@H](Cc1ccc(C#Cc2ccc(N3CC4CCC(C3)N4C3COC3)nc2)cc1)[C@@H](O)CN(Cc1c(F)cc(-c2cc[nH]n2)cc1F)NC(=O)[C@@H](NC(=O)O)C(C)(C)C(F)(F)F)C(C)(C)C(F)(F)F. The second kappa shape index (κ2) is 23.3. The molecule has 2 bridgehead atoms. The standard InChI is InChI=1S/C51H58F8N10O8/c1-48(2,50(54,55)56)42(64-47(75)76-5)44(71)62-39(18-29-9-6-28(7-10-29)8-11-30-12-15-41(60-21-30)67-22-32-13-14-33(23-67)69(32)34-26-77-27-34)40(70)25-68(66-45(72)43(63-46(73)74)49(3,4)51(57,58)59)24-35-36(52)19-31(20-37(35)53)38-16-17-61-65-38/h6-7,9-10,12,15-17,19-21,32-34,39-40,42-43,63,70H,13-14,18,22-27H2,1-5H3,(H,61,65)(H,62,71)(H,64,75)(H,66,72)(H,73,74)/t32?,33?,39-,40-,42+,43+/m0/s1. The zero-order chi connectivity index (χ0) is 56.2. The average molecular weight is 1090 g/mol. The number of carboxylic acid groups (broad SMARTS) is 1. The van der Waals surface area contributed by atoms with E-state index in [0.29, 0.717) is 67.5 Å². The summed E-state index contributed by atoms with van der Waals surface area (Å²) in [5.41, 5.74) is -3.53. The molecular weight excluding hydrogens is 1030 g/mol. The summed E-state index contributed by atoms with van der Waals surface area (Å²) in [5.74, 6) is 1.14. The third kappa shape index (κ3) is 13.4. The molecule has 0 aliphatic carbocycles. The Kier molecular flexibility index (Phi) is 17.4. The van der Waals surface area contributed by atoms with Gasteiger partial charge >= 0.3 is 24.5 Å². The van der Waals surface area contributed by atoms with Crippen LogP contribution < -0.4 is 26.3 Å². The van der Waals surface area contributed by atoms with Gasteiger partial charge in [0.25, 0.3) is 5.91 Å². The Morgan fingerprint density at radius 2 is 1.42 bits per heavy atom. The Balaban J connectivity index is 1.16. The summed E-state index contributed by atoms with van der Waals surface area (Å²) in [7, 11) is 0.836. The molecule has 3 saturated heterocycles. The fraction of sp³-hybridized carbons (Fsp3) is 0.490. The number of ether oxygens (including phenoxy) is 2. The lowest BCUT2D eigenvalue weighted by molar-refractivity contribution is -0.221. The van der Waals surface area contributed by atoms with Crippen LogP contribution in [0.15, 0.2) is 67.0 Å². The molecule has 2 aromatic carbocycles. The molecule has 3 aliphatic rings. The fourth-order valence-corrected chi connectivity index (χ4v) is 9.45. The molecule has 7 rings (SSSR count). The number of H-pyrrole nitrogens is 1. The lowest BCUT2D eigenvalue weighted by Gasteiger charge is -2.47. The summed E-state index contributed by atoms with van der Waals surface area (Å²) in [4.78, 5) is 61.5. The van der Waals surface area contributed by atoms with E-state index < -0.39 is 108 Å². The summed E-state index contributed by atoms with van der Waals surface area (Å²) >= 11 is 0. The second-order valence-corrected chi connectivity index (χ2v) is 20.3. The number of fused-ring (bicyclic) bond motifs is 2. The minimum atomic E-state index is -5.23. The van der Waals surface area contributed by atoms with Gasteiger partial charge in [0, 0.05) is 72.9 Å². The summed E-state index contributed by atoms with van der Waals surface area (Å²) in [6, 6.07) is 7.52. The number of carbonyl (C=O) groups excluding carboxylic acids is 3. The van der Waals surface area contributed by atoms with E-state index in [2.05, 4.69) is 46.9 Å². The maximum Gasteiger partial charge on any atom is 0.407 e. The lowest BCUT2D eigenvalue weighted by atomic mass is 9.82. The molecule has 5 heterocycles. The van der Waals surface area contributed by atoms with Crippen molar-refractivity contribution in [3.8, 4) is 23.1 Å². The van der Waals surface area contributed by atoms with Crippen LogP contribution in [0.1, 0.15) is 62.8 Å². The number of hydrogen-bond donors (Lipinski definition) is 7. The van der Waals surface area contributed by atoms with E-state index in [1.165, 1.54) is 29.7 Å². The number of benzene rings is 2. The van der Waals surface area contributed by atoms with E-state index in [4.69, 9.17) is 4.74 Å². The van der Waals surface area contributed by atoms with Crippen molar-refractivity contribution in [3.05, 3.63) is 101 Å². The molecule has 0 radical (unpaired) electrons. The van der Waals surface area contributed by atoms with Crippen LogP contribution in [0.4, 0.5) is 50.5 Å². The number of pyridine rings is 1. The zero-order valence-corrected chi connectivity index (χ0v) is 42.4. The van der Waals surface area contributed by atoms with Gasteiger partial charge in [-0.25, -0.2) is 28.4 Å². The number of hydrogen-bond acceptors (Lipinski definition) is 12. The molecule has 2 aromatic heterocycles. The quantitative estimate of drug-likeness (QED) is 0.0363. The van der Waals surface area contributed by atoms with Gasteiger partial charge in [0.2, 0.25) is 5.91 Å². The number of aromatic amines is 1. The van der Waals surface area contributed by atoms with Gasteiger partial charge in [0.05, 0.1) is 55.0 Å². The highest BCUT2D eigenvalue weighted by Gasteiger charge is 2.57. The van der Waals surface area contributed by atoms with E-state index in [1.807, 2.05) is 22.9 Å². The molecule has 6 atom stereocenters. The molecule has 0 spiro atoms. The highest BCUT2D eigenvalue weighted by atomic mass is 19.4. The van der Waals surface area contributed by atoms with Crippen molar-refractivity contribution < 1.29 is 74.0 Å². The van der Waals surface area contributed by atoms with Crippen molar-refractivity contribution in [1.82, 2.24) is 46.5 Å². The van der Waals surface area contributed by atoms with Crippen molar-refractivity contribution in [2.75, 3.05) is 44.9 Å². The summed E-state index contributed by atoms with van der Waals surface area (Å²) in [5, 5.41) is 34.1. The Morgan fingerprint density at radius 1 is 0.831 bits per heavy atom. The monoisotopic (exact) mass is 1090 g/mol. The van der Waals surface area contributed by atoms with Gasteiger partial charge in [-0.05, 0) is 95.0 Å². The number of aliphatic hydroxyl groups is 1. The van der Waals surface area contributed by atoms with Crippen LogP contribution in [-0.4, -0.2) is 154 Å². The van der Waals surface area contributed by atoms with Crippen LogP contribution in [0.25, 0.3) is 11.3 Å². The van der Waals surface area contributed by atoms with Crippen LogP contribution in [0, 0.1) is 34.3 Å². The van der Waals surface area contributed by atoms with Gasteiger partial charge in [0.1, 0.15) is 29.5 Å². The molecule has 3 aliphatic heterocycles. The molecule has 77 heavy (non-hydrogen) atoms. The Morgan fingerprint density at radius 3 is 1.92 bits per heavy atom. The number of nitrogens with one attached hydrogen (secondary N) is 5. The van der Waals surface area contributed by atoms with Gasteiger partial charge in [-0.2, -0.15) is 31.4 Å². The summed E-state index contributed by atoms with van der Waals surface area (Å²) in [6.45, 7) is 3.33. The largest absolute Gasteiger partial charge is 0.465 e. The van der Waals surface area contributed by atoms with E-state index in [-0.39, 0.29) is 11.3 Å². The van der Waals surface area contributed by atoms with Gasteiger partial charge in [-0.1, -0.05) is 24.0 Å². The van der Waals surface area contributed by atoms with Gasteiger partial charge in [0.15, 0.2) is 0 Å². The van der Waals surface area contributed by atoms with E-state index in [0.717, 1.165) is 64.2 Å². The smallest absolute Gasteiger partial charge is 0.407 e. The van der Waals surface area contributed by atoms with Crippen molar-refractivity contribution >= 4 is 29.8 Å². The molecule has 18 nitrogen and oxygen atoms in total. The maximum absolute atomic E-state index is 15.9. The van der Waals surface area contributed by atoms with Crippen LogP contribution in [0.2, 0.25) is 0 Å². The highest BCUT2D eigenvalue weighted by Crippen LogP contribution is 2.42. The topological polar surface area (TPSA) is 227 Å². The molecule has 4 aromatic rings. The normalized spacial score (nSPS) is 18.8. The number of carbonyl (C=O) groups is 4. The Bertz CT molecular complexity index is 2770. The predicted molar refractivity (Wildman–Crippen MR) is 260 cm³/mol. The Hall–Kier alpha value is -7.08. The number of anilines is 1. The summed E-state index contributed by atoms with van der Waals surface area (Å²) in [6.07, 6.45) is -11.2. The first kappa shape index (κ1) is 57.6. The number of halogens is 8. The highest BCUT2D eigenvalue weighted by molar-refractivity contribution is 5.87. The number of hydrazine groups is 1. The number of rotatable bonds is 18. The second-order valence-electron chi connectivity index (χ2n) is 20.3. The summed E-state index contributed by atoms with van der Waals surface area (Å²) < 4.78 is 128. The molecule has 4 amide bonds. The lowest BCUT2D eigenvalue weighted by Crippen LogP contribution is -2.63. The van der Waals surface area contributed by atoms with Crippen molar-refractivity contribution in [3.63, 3.8) is 0 Å². The number of aliphatic hydroxyl groups excluding tert-OH is 1. The van der Waals surface area contributed by atoms with E-state index in [9.17, 15) is 55.7 Å². The molecule has 26 heteroatoms. The van der Waals surface area contributed by atoms with Crippen molar-refractivity contribution in [2.24, 2.45) is 10.8 Å². The van der Waals surface area contributed by atoms with E-state index in [1.54, 1.807) is 18.3 Å². The van der Waals surface area contributed by atoms with Crippen LogP contribution in [0.3, 0.4) is 0 Å². The number of aromatic nitrogens is 3. The van der Waals surface area contributed by atoms with Gasteiger partial charge in [-0.3, -0.25) is 25.0 Å². The zero-order valence-electron chi connectivity index (χ0n) is 42.4. The third-order valence-corrected chi connectivity index (χ3v) is 14.3. The first-order valence-corrected chi connectivity index (χ1v) is 24.3. The number of alkyl halides is 6. The maximum atomic E-state index is 15.9. The number of nitrogens with zero attached hydrogens (tertiary/aromatic N) is 5. The van der Waals surface area contributed by atoms with Crippen LogP contribution in [0.5, 0.6) is 0 Å². The number of alkyl carbamates (subject to hydrolysis) is 1. The predicted octanol–water partition coefficient (Wildman–Crippen LogP) is 5.66. The van der Waals surface area contributed by atoms with Gasteiger partial charge in [-0.15, -0.1) is 0 Å². The molecule has 2 unspecified atom stereocenters. The van der Waals surface area contributed by atoms with Crippen LogP contribution in [-0.2, 0) is 32.0 Å². The van der Waals surface area contributed by atoms with Crippen molar-refractivity contribution in [1.29, 1.82) is 0 Å². The van der Waals surface area contributed by atoms with E-state index >= 15 is 8.78 Å². The van der Waals surface area contributed by atoms with Gasteiger partial charge < -0.3 is 40.5 Å². The first-order chi connectivity index (χ1) is 36.2. The molecule has 416 valence electrons.